The Morgan fingerprint density at radius 3 is 2.38 bits per heavy atom. The van der Waals surface area contributed by atoms with Crippen LogP contribution in [-0.2, 0) is 32.0 Å². The Bertz CT molecular complexity index is 1700. The first-order valence-corrected chi connectivity index (χ1v) is 17.6. The third-order valence-corrected chi connectivity index (χ3v) is 8.50. The molecule has 1 aliphatic heterocycles. The average Bonchev–Trinajstić information content (AvgIpc) is 3.11. The summed E-state index contributed by atoms with van der Waals surface area (Å²) >= 11 is 0. The van der Waals surface area contributed by atoms with Crippen molar-refractivity contribution in [3.05, 3.63) is 82.9 Å². The van der Waals surface area contributed by atoms with Crippen molar-refractivity contribution in [1.82, 2.24) is 36.6 Å². The highest BCUT2D eigenvalue weighted by atomic mass is 16.5. The van der Waals surface area contributed by atoms with E-state index >= 15 is 0 Å². The molecule has 0 aliphatic carbocycles. The smallest absolute Gasteiger partial charge is 0.270 e. The Kier molecular flexibility index (Phi) is 14.5. The third kappa shape index (κ3) is 11.8. The molecule has 52 heavy (non-hydrogen) atoms. The summed E-state index contributed by atoms with van der Waals surface area (Å²) in [5, 5.41) is 14.2. The molecular formula is C38H49N7O7. The van der Waals surface area contributed by atoms with Gasteiger partial charge < -0.3 is 36.1 Å². The third-order valence-electron chi connectivity index (χ3n) is 8.50. The number of amides is 5. The fourth-order valence-electron chi connectivity index (χ4n) is 5.79. The molecular weight excluding hydrogens is 666 g/mol. The summed E-state index contributed by atoms with van der Waals surface area (Å²) in [4.78, 5) is 75.8. The Labute approximate surface area is 304 Å². The number of ether oxygens (including phenoxy) is 2. The summed E-state index contributed by atoms with van der Waals surface area (Å²) in [5.41, 5.74) is 2.39. The van der Waals surface area contributed by atoms with Crippen molar-refractivity contribution in [2.45, 2.75) is 77.9 Å². The number of nitrogens with zero attached hydrogens (tertiary/aromatic N) is 2. The molecule has 0 saturated carbocycles. The molecule has 3 aromatic rings. The SMILES string of the molecule is COc1ccc2cc1OCC(=O)NCCC[C@H](NC(=O)c1cc(C)nc(C)n1)C(=O)N[C@@H](Cc1ccccc1)C(=O)N[C@H](C(C)C)C(=O)NCCC2. The van der Waals surface area contributed by atoms with Crippen LogP contribution in [0.15, 0.2) is 54.6 Å². The van der Waals surface area contributed by atoms with E-state index in [0.29, 0.717) is 48.8 Å². The van der Waals surface area contributed by atoms with Gasteiger partial charge in [-0.3, -0.25) is 24.0 Å². The highest BCUT2D eigenvalue weighted by Gasteiger charge is 2.31. The molecule has 2 heterocycles. The normalized spacial score (nSPS) is 19.8. The first kappa shape index (κ1) is 39.3. The van der Waals surface area contributed by atoms with Gasteiger partial charge in [0.2, 0.25) is 17.7 Å². The van der Waals surface area contributed by atoms with Crippen LogP contribution in [0.3, 0.4) is 0 Å². The van der Waals surface area contributed by atoms with Gasteiger partial charge in [-0.1, -0.05) is 50.2 Å². The van der Waals surface area contributed by atoms with Gasteiger partial charge in [0, 0.05) is 25.2 Å². The summed E-state index contributed by atoms with van der Waals surface area (Å²) < 4.78 is 11.2. The summed E-state index contributed by atoms with van der Waals surface area (Å²) in [6.45, 7) is 7.33. The Morgan fingerprint density at radius 2 is 1.67 bits per heavy atom. The maximum atomic E-state index is 14.0. The van der Waals surface area contributed by atoms with E-state index in [1.54, 1.807) is 26.0 Å². The van der Waals surface area contributed by atoms with Crippen molar-refractivity contribution >= 4 is 29.5 Å². The molecule has 2 aromatic carbocycles. The van der Waals surface area contributed by atoms with E-state index in [4.69, 9.17) is 9.47 Å². The molecule has 0 radical (unpaired) electrons. The minimum absolute atomic E-state index is 0.0882. The number of rotatable bonds is 6. The van der Waals surface area contributed by atoms with Gasteiger partial charge in [0.25, 0.3) is 11.8 Å². The molecule has 0 fully saturated rings. The summed E-state index contributed by atoms with van der Waals surface area (Å²) in [6.07, 6.45) is 1.77. The van der Waals surface area contributed by atoms with Gasteiger partial charge in [-0.15, -0.1) is 0 Å². The lowest BCUT2D eigenvalue weighted by Crippen LogP contribution is -2.58. The average molecular weight is 716 g/mol. The van der Waals surface area contributed by atoms with Crippen LogP contribution in [0.4, 0.5) is 0 Å². The quantitative estimate of drug-likeness (QED) is 0.255. The number of carbonyl (C=O) groups is 5. The van der Waals surface area contributed by atoms with Crippen LogP contribution in [0.1, 0.15) is 66.2 Å². The Balaban J connectivity index is 1.62. The minimum atomic E-state index is -1.10. The Hall–Kier alpha value is -5.53. The van der Waals surface area contributed by atoms with Gasteiger partial charge in [-0.2, -0.15) is 0 Å². The van der Waals surface area contributed by atoms with Crippen molar-refractivity contribution in [1.29, 1.82) is 0 Å². The van der Waals surface area contributed by atoms with E-state index in [2.05, 4.69) is 36.6 Å². The highest BCUT2D eigenvalue weighted by molar-refractivity contribution is 5.98. The predicted molar refractivity (Wildman–Crippen MR) is 194 cm³/mol. The van der Waals surface area contributed by atoms with E-state index in [9.17, 15) is 24.0 Å². The Morgan fingerprint density at radius 1 is 0.923 bits per heavy atom. The molecule has 14 heteroatoms. The standard InChI is InChI=1S/C38H49N7O7/c1-23(2)34-38(50)40-18-9-13-27-15-16-31(51-5)32(21-27)52-22-33(46)39-17-10-14-28(43-36(48)29-19-24(3)41-25(4)42-29)35(47)44-30(37(49)45-34)20-26-11-7-6-8-12-26/h6-8,11-12,15-16,19,21,23,28,30,34H,9-10,13-14,17-18,20,22H2,1-5H3,(H,39,46)(H,40,50)(H,43,48)(H,44,47)(H,45,49)/t28-,30-,34+/m0/s1. The molecule has 5 amide bonds. The van der Waals surface area contributed by atoms with Gasteiger partial charge in [0.15, 0.2) is 18.1 Å². The van der Waals surface area contributed by atoms with Crippen molar-refractivity contribution in [2.24, 2.45) is 5.92 Å². The van der Waals surface area contributed by atoms with Crippen LogP contribution in [0.2, 0.25) is 0 Å². The number of aryl methyl sites for hydroxylation is 3. The molecule has 0 spiro atoms. The summed E-state index contributed by atoms with van der Waals surface area (Å²) in [6, 6.07) is 13.1. The van der Waals surface area contributed by atoms with Crippen LogP contribution in [0.5, 0.6) is 11.5 Å². The van der Waals surface area contributed by atoms with Gasteiger partial charge in [-0.05, 0) is 74.8 Å². The second-order valence-corrected chi connectivity index (χ2v) is 13.1. The zero-order valence-corrected chi connectivity index (χ0v) is 30.4. The molecule has 5 N–H and O–H groups in total. The molecule has 1 aliphatic rings. The molecule has 278 valence electrons. The zero-order chi connectivity index (χ0) is 37.6. The zero-order valence-electron chi connectivity index (χ0n) is 30.4. The molecule has 4 rings (SSSR count). The molecule has 0 saturated heterocycles. The number of hydrogen-bond donors (Lipinski definition) is 5. The van der Waals surface area contributed by atoms with E-state index in [-0.39, 0.29) is 49.4 Å². The van der Waals surface area contributed by atoms with Crippen molar-refractivity contribution < 1.29 is 33.4 Å². The lowest BCUT2D eigenvalue weighted by Gasteiger charge is -2.27. The molecule has 2 bridgehead atoms. The van der Waals surface area contributed by atoms with Crippen LogP contribution in [0, 0.1) is 19.8 Å². The first-order chi connectivity index (χ1) is 24.9. The van der Waals surface area contributed by atoms with E-state index < -0.39 is 35.8 Å². The number of carbonyl (C=O) groups excluding carboxylic acids is 5. The molecule has 3 atom stereocenters. The fourth-order valence-corrected chi connectivity index (χ4v) is 5.79. The first-order valence-electron chi connectivity index (χ1n) is 17.6. The lowest BCUT2D eigenvalue weighted by molar-refractivity contribution is -0.133. The lowest BCUT2D eigenvalue weighted by atomic mass is 10.00. The molecule has 14 nitrogen and oxygen atoms in total. The van der Waals surface area contributed by atoms with Crippen LogP contribution >= 0.6 is 0 Å². The molecule has 0 unspecified atom stereocenters. The largest absolute Gasteiger partial charge is 0.493 e. The summed E-state index contributed by atoms with van der Waals surface area (Å²) in [5.74, 6) is -1.46. The number of fused-ring (bicyclic) bond motifs is 2. The summed E-state index contributed by atoms with van der Waals surface area (Å²) in [7, 11) is 1.51. The number of benzene rings is 2. The fraction of sp³-hybridized carbons (Fsp3) is 0.447. The predicted octanol–water partition coefficient (Wildman–Crippen LogP) is 2.11. The van der Waals surface area contributed by atoms with Gasteiger partial charge in [0.05, 0.1) is 7.11 Å². The van der Waals surface area contributed by atoms with Gasteiger partial charge in [-0.25, -0.2) is 9.97 Å². The molecule has 1 aromatic heterocycles. The van der Waals surface area contributed by atoms with Crippen molar-refractivity contribution in [2.75, 3.05) is 26.8 Å². The number of hydrogen-bond acceptors (Lipinski definition) is 9. The number of nitrogens with one attached hydrogen (secondary N) is 5. The second kappa shape index (κ2) is 19.2. The topological polar surface area (TPSA) is 190 Å². The number of methoxy groups -OCH3 is 1. The van der Waals surface area contributed by atoms with Gasteiger partial charge in [0.1, 0.15) is 29.6 Å². The monoisotopic (exact) mass is 715 g/mol. The van der Waals surface area contributed by atoms with Crippen molar-refractivity contribution in [3.8, 4) is 11.5 Å². The van der Waals surface area contributed by atoms with Crippen LogP contribution < -0.4 is 36.1 Å². The van der Waals surface area contributed by atoms with E-state index in [0.717, 1.165) is 11.1 Å². The van der Waals surface area contributed by atoms with Crippen LogP contribution in [-0.4, -0.2) is 84.4 Å². The highest BCUT2D eigenvalue weighted by Crippen LogP contribution is 2.28. The van der Waals surface area contributed by atoms with Gasteiger partial charge >= 0.3 is 0 Å². The van der Waals surface area contributed by atoms with E-state index in [1.165, 1.54) is 13.2 Å². The van der Waals surface area contributed by atoms with Crippen LogP contribution in [0.25, 0.3) is 0 Å². The van der Waals surface area contributed by atoms with E-state index in [1.807, 2.05) is 50.2 Å². The maximum absolute atomic E-state index is 14.0. The minimum Gasteiger partial charge on any atom is -0.493 e. The number of aromatic nitrogens is 2. The van der Waals surface area contributed by atoms with Crippen molar-refractivity contribution in [3.63, 3.8) is 0 Å². The second-order valence-electron chi connectivity index (χ2n) is 13.1. The maximum Gasteiger partial charge on any atom is 0.270 e.